The number of aliphatic hydroxyl groups is 1. The minimum absolute atomic E-state index is 0.0824. The molecule has 3 aliphatic heterocycles. The number of carbonyl (C=O) groups excluding carboxylic acids is 3. The van der Waals surface area contributed by atoms with Crippen LogP contribution < -0.4 is 5.32 Å². The lowest BCUT2D eigenvalue weighted by Gasteiger charge is -2.39. The van der Waals surface area contributed by atoms with Gasteiger partial charge in [-0.3, -0.25) is 14.4 Å². The standard InChI is InChI=1S/C26H35ClN2O6/c1-6-14(3)18(13-30)29-21(22(31)28-17-11-9-8-10-16(17)27)26-12-15(4)25(5,35-26)20(19(26)23(29)32)24(33)34-7-2/h8-11,14-15,18-21,30H,6-7,12-13H2,1-5H3,(H,28,31)/t14-,15?,18-,19-,20+,21?,25-,26?/m0/s1. The molecule has 2 bridgehead atoms. The Labute approximate surface area is 211 Å². The highest BCUT2D eigenvalue weighted by Crippen LogP contribution is 2.65. The van der Waals surface area contributed by atoms with E-state index < -0.39 is 47.0 Å². The number of benzene rings is 1. The summed E-state index contributed by atoms with van der Waals surface area (Å²) in [6.45, 7) is 9.32. The van der Waals surface area contributed by atoms with Crippen molar-refractivity contribution in [2.24, 2.45) is 23.7 Å². The first kappa shape index (κ1) is 25.9. The summed E-state index contributed by atoms with van der Waals surface area (Å²) < 4.78 is 12.0. The van der Waals surface area contributed by atoms with Crippen LogP contribution in [0.1, 0.15) is 47.5 Å². The quantitative estimate of drug-likeness (QED) is 0.524. The molecule has 3 fully saturated rings. The van der Waals surface area contributed by atoms with Gasteiger partial charge < -0.3 is 24.8 Å². The zero-order chi connectivity index (χ0) is 25.7. The van der Waals surface area contributed by atoms with E-state index in [1.807, 2.05) is 27.7 Å². The van der Waals surface area contributed by atoms with Gasteiger partial charge in [0.1, 0.15) is 17.6 Å². The van der Waals surface area contributed by atoms with Gasteiger partial charge >= 0.3 is 5.97 Å². The van der Waals surface area contributed by atoms with Crippen molar-refractivity contribution < 1.29 is 29.0 Å². The van der Waals surface area contributed by atoms with Gasteiger partial charge in [-0.15, -0.1) is 0 Å². The van der Waals surface area contributed by atoms with Gasteiger partial charge in [-0.25, -0.2) is 0 Å². The number of para-hydroxylation sites is 1. The number of halogens is 1. The van der Waals surface area contributed by atoms with Crippen LogP contribution >= 0.6 is 11.6 Å². The maximum atomic E-state index is 14.1. The van der Waals surface area contributed by atoms with Crippen molar-refractivity contribution in [3.05, 3.63) is 29.3 Å². The van der Waals surface area contributed by atoms with E-state index in [0.717, 1.165) is 0 Å². The fourth-order valence-electron chi connectivity index (χ4n) is 6.50. The molecule has 0 aromatic heterocycles. The van der Waals surface area contributed by atoms with Crippen molar-refractivity contribution in [2.75, 3.05) is 18.5 Å². The van der Waals surface area contributed by atoms with E-state index in [1.165, 1.54) is 4.90 Å². The zero-order valence-electron chi connectivity index (χ0n) is 20.9. The van der Waals surface area contributed by atoms with Crippen molar-refractivity contribution in [1.82, 2.24) is 4.90 Å². The number of carbonyl (C=O) groups is 3. The third kappa shape index (κ3) is 3.76. The summed E-state index contributed by atoms with van der Waals surface area (Å²) >= 11 is 6.31. The summed E-state index contributed by atoms with van der Waals surface area (Å²) in [5.41, 5.74) is -1.73. The third-order valence-electron chi connectivity index (χ3n) is 8.52. The fraction of sp³-hybridized carbons (Fsp3) is 0.654. The van der Waals surface area contributed by atoms with Gasteiger partial charge in [0, 0.05) is 0 Å². The van der Waals surface area contributed by atoms with Crippen LogP contribution in [0.15, 0.2) is 24.3 Å². The number of aliphatic hydroxyl groups excluding tert-OH is 1. The van der Waals surface area contributed by atoms with Crippen molar-refractivity contribution >= 4 is 35.1 Å². The van der Waals surface area contributed by atoms with Crippen LogP contribution in [0.5, 0.6) is 0 Å². The number of rotatable bonds is 8. The number of anilines is 1. The Balaban J connectivity index is 1.84. The van der Waals surface area contributed by atoms with Gasteiger partial charge in [0.25, 0.3) is 0 Å². The minimum atomic E-state index is -1.21. The molecule has 0 aliphatic carbocycles. The lowest BCUT2D eigenvalue weighted by molar-refractivity contribution is -0.162. The summed E-state index contributed by atoms with van der Waals surface area (Å²) in [4.78, 5) is 42.7. The van der Waals surface area contributed by atoms with Crippen LogP contribution in [-0.4, -0.2) is 64.3 Å². The molecule has 2 amide bonds. The van der Waals surface area contributed by atoms with E-state index in [0.29, 0.717) is 23.6 Å². The van der Waals surface area contributed by atoms with Crippen LogP contribution in [0.3, 0.4) is 0 Å². The molecule has 2 N–H and O–H groups in total. The molecule has 1 aromatic rings. The van der Waals surface area contributed by atoms with Gasteiger partial charge in [0.2, 0.25) is 11.8 Å². The van der Waals surface area contributed by atoms with Gasteiger partial charge in [-0.2, -0.15) is 0 Å². The fourth-order valence-corrected chi connectivity index (χ4v) is 6.68. The number of likely N-dealkylation sites (tertiary alicyclic amines) is 1. The van der Waals surface area contributed by atoms with Gasteiger partial charge in [0.15, 0.2) is 0 Å². The second-order valence-electron chi connectivity index (χ2n) is 10.3. The number of esters is 1. The molecule has 1 aromatic carbocycles. The zero-order valence-corrected chi connectivity index (χ0v) is 21.7. The maximum Gasteiger partial charge on any atom is 0.312 e. The molecular formula is C26H35ClN2O6. The highest BCUT2D eigenvalue weighted by Gasteiger charge is 2.80. The molecule has 3 aliphatic rings. The topological polar surface area (TPSA) is 105 Å². The second kappa shape index (κ2) is 9.37. The number of hydrogen-bond donors (Lipinski definition) is 2. The van der Waals surface area contributed by atoms with E-state index in [9.17, 15) is 19.5 Å². The number of hydrogen-bond acceptors (Lipinski definition) is 6. The molecule has 3 saturated heterocycles. The molecular weight excluding hydrogens is 472 g/mol. The summed E-state index contributed by atoms with van der Waals surface area (Å²) in [6, 6.07) is 5.23. The molecule has 0 saturated carbocycles. The Morgan fingerprint density at radius 1 is 1.34 bits per heavy atom. The number of ether oxygens (including phenoxy) is 2. The molecule has 4 rings (SSSR count). The Morgan fingerprint density at radius 3 is 2.63 bits per heavy atom. The van der Waals surface area contributed by atoms with E-state index in [4.69, 9.17) is 21.1 Å². The molecule has 9 heteroatoms. The van der Waals surface area contributed by atoms with Crippen molar-refractivity contribution in [2.45, 2.75) is 70.7 Å². The first-order valence-electron chi connectivity index (χ1n) is 12.4. The molecule has 3 heterocycles. The smallest absolute Gasteiger partial charge is 0.312 e. The van der Waals surface area contributed by atoms with Gasteiger partial charge in [-0.1, -0.05) is 50.9 Å². The maximum absolute atomic E-state index is 14.1. The monoisotopic (exact) mass is 506 g/mol. The highest BCUT2D eigenvalue weighted by molar-refractivity contribution is 6.33. The van der Waals surface area contributed by atoms with Crippen LogP contribution in [0.2, 0.25) is 5.02 Å². The van der Waals surface area contributed by atoms with Gasteiger partial charge in [-0.05, 0) is 44.2 Å². The van der Waals surface area contributed by atoms with Crippen LogP contribution in [0, 0.1) is 23.7 Å². The van der Waals surface area contributed by atoms with Crippen molar-refractivity contribution in [1.29, 1.82) is 0 Å². The van der Waals surface area contributed by atoms with Crippen LogP contribution in [0.4, 0.5) is 5.69 Å². The SMILES string of the molecule is CCOC(=O)[C@H]1[C@H]2C(=O)N([C@@H](CO)[C@@H](C)CC)C(C(=O)Nc3ccccc3Cl)C23CC(C)[C@]1(C)O3. The van der Waals surface area contributed by atoms with Gasteiger partial charge in [0.05, 0.1) is 41.5 Å². The third-order valence-corrected chi connectivity index (χ3v) is 8.85. The Kier molecular flexibility index (Phi) is 6.94. The van der Waals surface area contributed by atoms with E-state index in [-0.39, 0.29) is 31.0 Å². The first-order valence-corrected chi connectivity index (χ1v) is 12.8. The lowest BCUT2D eigenvalue weighted by atomic mass is 9.62. The number of nitrogens with zero attached hydrogens (tertiary/aromatic N) is 1. The molecule has 35 heavy (non-hydrogen) atoms. The van der Waals surface area contributed by atoms with E-state index in [2.05, 4.69) is 5.32 Å². The predicted octanol–water partition coefficient (Wildman–Crippen LogP) is 3.26. The average molecular weight is 507 g/mol. The summed E-state index contributed by atoms with van der Waals surface area (Å²) in [5.74, 6) is -3.17. The lowest BCUT2D eigenvalue weighted by Crippen LogP contribution is -2.57. The van der Waals surface area contributed by atoms with Crippen LogP contribution in [-0.2, 0) is 23.9 Å². The van der Waals surface area contributed by atoms with E-state index in [1.54, 1.807) is 31.2 Å². The molecule has 0 radical (unpaired) electrons. The van der Waals surface area contributed by atoms with Crippen molar-refractivity contribution in [3.63, 3.8) is 0 Å². The molecule has 1 spiro atoms. The largest absolute Gasteiger partial charge is 0.466 e. The predicted molar refractivity (Wildman–Crippen MR) is 131 cm³/mol. The Hall–Kier alpha value is -2.16. The molecule has 8 atom stereocenters. The number of fused-ring (bicyclic) bond motifs is 1. The number of nitrogens with one attached hydrogen (secondary N) is 1. The van der Waals surface area contributed by atoms with Crippen molar-refractivity contribution in [3.8, 4) is 0 Å². The normalized spacial score (nSPS) is 35.1. The molecule has 3 unspecified atom stereocenters. The minimum Gasteiger partial charge on any atom is -0.466 e. The molecule has 8 nitrogen and oxygen atoms in total. The summed E-state index contributed by atoms with van der Waals surface area (Å²) in [6.07, 6.45) is 1.13. The van der Waals surface area contributed by atoms with Crippen LogP contribution in [0.25, 0.3) is 0 Å². The Bertz CT molecular complexity index is 1020. The Morgan fingerprint density at radius 2 is 2.03 bits per heavy atom. The first-order chi connectivity index (χ1) is 16.6. The van der Waals surface area contributed by atoms with E-state index >= 15 is 0 Å². The highest BCUT2D eigenvalue weighted by atomic mass is 35.5. The summed E-state index contributed by atoms with van der Waals surface area (Å²) in [7, 11) is 0. The molecule has 192 valence electrons. The number of amides is 2. The average Bonchev–Trinajstić information content (AvgIpc) is 3.33. The second-order valence-corrected chi connectivity index (χ2v) is 10.7. The summed E-state index contributed by atoms with van der Waals surface area (Å²) in [5, 5.41) is 13.6.